The molecular formula is C28H29FN8O3. The highest BCUT2D eigenvalue weighted by Gasteiger charge is 2.20. The molecule has 5 rings (SSSR count). The molecule has 12 heteroatoms. The molecule has 0 bridgehead atoms. The van der Waals surface area contributed by atoms with E-state index in [0.717, 1.165) is 13.1 Å². The second-order valence-corrected chi connectivity index (χ2v) is 9.32. The zero-order chi connectivity index (χ0) is 28.2. The van der Waals surface area contributed by atoms with Gasteiger partial charge in [-0.25, -0.2) is 9.37 Å². The molecule has 1 aliphatic heterocycles. The molecule has 11 nitrogen and oxygen atoms in total. The van der Waals surface area contributed by atoms with Crippen LogP contribution in [0.3, 0.4) is 0 Å². The number of nitrogens with zero attached hydrogens (tertiary/aromatic N) is 6. The molecule has 0 saturated carbocycles. The Morgan fingerprint density at radius 3 is 2.65 bits per heavy atom. The molecule has 3 N–H and O–H groups in total. The third-order valence-corrected chi connectivity index (χ3v) is 6.69. The lowest BCUT2D eigenvalue weighted by Gasteiger charge is -2.36. The molecule has 0 unspecified atom stereocenters. The van der Waals surface area contributed by atoms with Crippen LogP contribution in [0.1, 0.15) is 5.82 Å². The van der Waals surface area contributed by atoms with E-state index in [4.69, 9.17) is 5.11 Å². The molecule has 1 amide bonds. The third-order valence-electron chi connectivity index (χ3n) is 6.69. The number of rotatable bonds is 8. The van der Waals surface area contributed by atoms with E-state index in [2.05, 4.69) is 37.1 Å². The number of benzene rings is 2. The molecular weight excluding hydrogens is 515 g/mol. The number of aliphatic hydroxyl groups is 1. The maximum atomic E-state index is 15.1. The van der Waals surface area contributed by atoms with E-state index in [0.29, 0.717) is 53.9 Å². The van der Waals surface area contributed by atoms with Gasteiger partial charge < -0.3 is 20.6 Å². The van der Waals surface area contributed by atoms with Crippen molar-refractivity contribution in [1.82, 2.24) is 24.4 Å². The van der Waals surface area contributed by atoms with Crippen LogP contribution in [-0.2, 0) is 4.79 Å². The lowest BCUT2D eigenvalue weighted by Crippen LogP contribution is -2.47. The number of anilines is 4. The van der Waals surface area contributed by atoms with E-state index in [1.165, 1.54) is 18.3 Å². The Balaban J connectivity index is 1.44. The summed E-state index contributed by atoms with van der Waals surface area (Å²) in [5.41, 5.74) is 1.95. The molecule has 1 fully saturated rings. The largest absolute Gasteiger partial charge is 0.395 e. The van der Waals surface area contributed by atoms with Gasteiger partial charge in [-0.05, 0) is 49.4 Å². The summed E-state index contributed by atoms with van der Waals surface area (Å²) in [6, 6.07) is 11.9. The Bertz CT molecular complexity index is 1630. The first-order chi connectivity index (χ1) is 19.4. The summed E-state index contributed by atoms with van der Waals surface area (Å²) < 4.78 is 16.8. The number of aromatic nitrogens is 4. The van der Waals surface area contributed by atoms with E-state index in [1.54, 1.807) is 47.9 Å². The quantitative estimate of drug-likeness (QED) is 0.287. The van der Waals surface area contributed by atoms with Crippen LogP contribution >= 0.6 is 0 Å². The van der Waals surface area contributed by atoms with E-state index >= 15 is 4.39 Å². The number of carbonyl (C=O) groups is 1. The van der Waals surface area contributed by atoms with Gasteiger partial charge in [-0.2, -0.15) is 9.97 Å². The van der Waals surface area contributed by atoms with Gasteiger partial charge in [-0.3, -0.25) is 19.1 Å². The number of amides is 1. The first kappa shape index (κ1) is 26.9. The number of aliphatic hydroxyl groups excluding tert-OH is 1. The average molecular weight is 545 g/mol. The second kappa shape index (κ2) is 11.6. The van der Waals surface area contributed by atoms with Crippen molar-refractivity contribution in [3.05, 3.63) is 83.3 Å². The van der Waals surface area contributed by atoms with E-state index in [-0.39, 0.29) is 29.7 Å². The number of carbonyl (C=O) groups excluding carboxylic acids is 1. The van der Waals surface area contributed by atoms with Gasteiger partial charge >= 0.3 is 0 Å². The average Bonchev–Trinajstić information content (AvgIpc) is 2.94. The van der Waals surface area contributed by atoms with Crippen molar-refractivity contribution >= 4 is 40.0 Å². The van der Waals surface area contributed by atoms with E-state index < -0.39 is 5.56 Å². The maximum Gasteiger partial charge on any atom is 0.284 e. The van der Waals surface area contributed by atoms with Gasteiger partial charge in [0, 0.05) is 50.3 Å². The van der Waals surface area contributed by atoms with Crippen LogP contribution in [0.4, 0.5) is 27.4 Å². The summed E-state index contributed by atoms with van der Waals surface area (Å²) in [5.74, 6) is -0.166. The molecule has 0 radical (unpaired) electrons. The minimum Gasteiger partial charge on any atom is -0.395 e. The summed E-state index contributed by atoms with van der Waals surface area (Å²) in [6.45, 7) is 8.72. The van der Waals surface area contributed by atoms with Gasteiger partial charge in [0.2, 0.25) is 11.9 Å². The Kier molecular flexibility index (Phi) is 7.80. The van der Waals surface area contributed by atoms with Crippen LogP contribution in [0.2, 0.25) is 0 Å². The summed E-state index contributed by atoms with van der Waals surface area (Å²) in [7, 11) is 0. The van der Waals surface area contributed by atoms with E-state index in [1.807, 2.05) is 4.90 Å². The highest BCUT2D eigenvalue weighted by molar-refractivity contribution is 5.99. The van der Waals surface area contributed by atoms with Crippen molar-refractivity contribution in [2.75, 3.05) is 54.9 Å². The fraction of sp³-hybridized carbons (Fsp3) is 0.250. The highest BCUT2D eigenvalue weighted by atomic mass is 19.1. The first-order valence-electron chi connectivity index (χ1n) is 12.8. The number of hydrogen-bond donors (Lipinski definition) is 3. The molecule has 2 aromatic carbocycles. The molecule has 1 saturated heterocycles. The molecule has 1 aliphatic rings. The lowest BCUT2D eigenvalue weighted by molar-refractivity contribution is -0.111. The second-order valence-electron chi connectivity index (χ2n) is 9.32. The van der Waals surface area contributed by atoms with Crippen LogP contribution in [0.15, 0.2) is 66.1 Å². The summed E-state index contributed by atoms with van der Waals surface area (Å²) in [5, 5.41) is 15.1. The molecule has 40 heavy (non-hydrogen) atoms. The highest BCUT2D eigenvalue weighted by Crippen LogP contribution is 2.26. The number of nitrogens with one attached hydrogen (secondary N) is 2. The predicted octanol–water partition coefficient (Wildman–Crippen LogP) is 2.61. The van der Waals surface area contributed by atoms with Gasteiger partial charge in [0.25, 0.3) is 5.56 Å². The van der Waals surface area contributed by atoms with Crippen LogP contribution in [0.5, 0.6) is 0 Å². The van der Waals surface area contributed by atoms with E-state index in [9.17, 15) is 9.59 Å². The lowest BCUT2D eigenvalue weighted by atomic mass is 10.2. The van der Waals surface area contributed by atoms with Crippen LogP contribution in [-0.4, -0.2) is 74.8 Å². The van der Waals surface area contributed by atoms with Crippen molar-refractivity contribution < 1.29 is 14.3 Å². The number of hydrogen-bond acceptors (Lipinski definition) is 9. The Labute approximate surface area is 229 Å². The normalized spacial score (nSPS) is 13.8. The van der Waals surface area contributed by atoms with Crippen molar-refractivity contribution in [2.45, 2.75) is 6.92 Å². The zero-order valence-corrected chi connectivity index (χ0v) is 22.0. The standard InChI is InChI=1S/C28H29FN8O3/c1-3-25(39)32-19-5-4-6-21(15-19)37-18(2)31-27(40)22-17-30-28(34-26(22)37)33-20-7-8-24(23(29)16-20)36-11-9-35(10-12-36)13-14-38/h3-8,15-17,38H,1,9-14H2,2H3,(H,32,39)(H,30,33,34). The van der Waals surface area contributed by atoms with Crippen LogP contribution < -0.4 is 21.1 Å². The Hall–Kier alpha value is -4.68. The number of β-amino-alcohol motifs (C(OH)–C–C–N with tert-alkyl or cyclic N) is 1. The fourth-order valence-electron chi connectivity index (χ4n) is 4.71. The summed E-state index contributed by atoms with van der Waals surface area (Å²) in [6.07, 6.45) is 2.56. The summed E-state index contributed by atoms with van der Waals surface area (Å²) >= 11 is 0. The SMILES string of the molecule is C=CC(=O)Nc1cccc(-n2c(C)nc(=O)c3cnc(Nc4ccc(N5CCN(CCO)CC5)c(F)c4)nc32)c1. The van der Waals surface area contributed by atoms with Gasteiger partial charge in [-0.15, -0.1) is 0 Å². The van der Waals surface area contributed by atoms with Gasteiger partial charge in [0.1, 0.15) is 17.0 Å². The number of halogens is 1. The molecule has 4 aromatic rings. The fourth-order valence-corrected chi connectivity index (χ4v) is 4.71. The van der Waals surface area contributed by atoms with Crippen molar-refractivity contribution in [3.8, 4) is 5.69 Å². The molecule has 2 aromatic heterocycles. The monoisotopic (exact) mass is 544 g/mol. The van der Waals surface area contributed by atoms with Crippen LogP contribution in [0.25, 0.3) is 16.7 Å². The van der Waals surface area contributed by atoms with Gasteiger partial charge in [-0.1, -0.05) is 12.6 Å². The topological polar surface area (TPSA) is 129 Å². The first-order valence-corrected chi connectivity index (χ1v) is 12.8. The zero-order valence-electron chi connectivity index (χ0n) is 22.0. The molecule has 0 spiro atoms. The van der Waals surface area contributed by atoms with Gasteiger partial charge in [0.05, 0.1) is 18.0 Å². The smallest absolute Gasteiger partial charge is 0.284 e. The van der Waals surface area contributed by atoms with Crippen molar-refractivity contribution in [1.29, 1.82) is 0 Å². The molecule has 3 heterocycles. The Morgan fingerprint density at radius 1 is 1.12 bits per heavy atom. The molecule has 206 valence electrons. The Morgan fingerprint density at radius 2 is 1.93 bits per heavy atom. The minimum absolute atomic E-state index is 0.109. The summed E-state index contributed by atoms with van der Waals surface area (Å²) in [4.78, 5) is 41.5. The molecule has 0 atom stereocenters. The third kappa shape index (κ3) is 5.67. The predicted molar refractivity (Wildman–Crippen MR) is 152 cm³/mol. The number of piperazine rings is 1. The van der Waals surface area contributed by atoms with Crippen molar-refractivity contribution in [3.63, 3.8) is 0 Å². The van der Waals surface area contributed by atoms with Crippen molar-refractivity contribution in [2.24, 2.45) is 0 Å². The van der Waals surface area contributed by atoms with Gasteiger partial charge in [0.15, 0.2) is 5.65 Å². The number of fused-ring (bicyclic) bond motifs is 1. The number of aryl methyl sites for hydroxylation is 1. The van der Waals surface area contributed by atoms with Crippen LogP contribution in [0, 0.1) is 12.7 Å². The molecule has 0 aliphatic carbocycles. The minimum atomic E-state index is -0.471. The maximum absolute atomic E-state index is 15.1.